The Morgan fingerprint density at radius 3 is 2.84 bits per heavy atom. The van der Waals surface area contributed by atoms with Crippen LogP contribution in [0.5, 0.6) is 0 Å². The van der Waals surface area contributed by atoms with Crippen molar-refractivity contribution in [2.75, 3.05) is 30.3 Å². The molecule has 0 spiro atoms. The lowest BCUT2D eigenvalue weighted by molar-refractivity contribution is 0.383. The lowest BCUT2D eigenvalue weighted by atomic mass is 9.90. The Bertz CT molecular complexity index is 859. The normalized spacial score (nSPS) is 20.2. The highest BCUT2D eigenvalue weighted by molar-refractivity contribution is 7.99. The van der Waals surface area contributed by atoms with Gasteiger partial charge >= 0.3 is 0 Å². The fraction of sp³-hybridized carbons (Fsp3) is 0.375. The number of hydrogen-bond donors (Lipinski definition) is 3. The van der Waals surface area contributed by atoms with Gasteiger partial charge in [0.05, 0.1) is 10.0 Å². The third-order valence-electron chi connectivity index (χ3n) is 4.37. The number of nitrogens with two attached hydrogens (primary N) is 2. The number of rotatable bonds is 4. The minimum absolute atomic E-state index is 0.0229. The van der Waals surface area contributed by atoms with Crippen LogP contribution in [0.2, 0.25) is 10.0 Å². The molecule has 2 aromatic rings. The van der Waals surface area contributed by atoms with E-state index in [0.717, 1.165) is 31.3 Å². The number of halogens is 2. The molecule has 0 aliphatic carbocycles. The first-order valence-electron chi connectivity index (χ1n) is 7.80. The van der Waals surface area contributed by atoms with Crippen molar-refractivity contribution in [2.45, 2.75) is 23.1 Å². The average Bonchev–Trinajstić information content (AvgIpc) is 2.98. The molecule has 1 saturated heterocycles. The van der Waals surface area contributed by atoms with E-state index in [1.54, 1.807) is 18.2 Å². The van der Waals surface area contributed by atoms with E-state index >= 15 is 0 Å². The molecule has 0 saturated carbocycles. The minimum Gasteiger partial charge on any atom is -0.382 e. The predicted octanol–water partition coefficient (Wildman–Crippen LogP) is 2.99. The molecule has 1 fully saturated rings. The van der Waals surface area contributed by atoms with Crippen molar-refractivity contribution in [3.8, 4) is 0 Å². The number of nitrogens with zero attached hydrogens (tertiary/aromatic N) is 2. The van der Waals surface area contributed by atoms with Gasteiger partial charge in [-0.15, -0.1) is 0 Å². The summed E-state index contributed by atoms with van der Waals surface area (Å²) in [6, 6.07) is 5.23. The summed E-state index contributed by atoms with van der Waals surface area (Å²) in [5, 5.41) is 0.805. The predicted molar refractivity (Wildman–Crippen MR) is 104 cm³/mol. The standard InChI is InChI=1S/C16H19Cl2N5OS/c1-16(7-19)5-6-23(8-16)15-21-13(20)12(14(24)22-15)25-10-4-2-3-9(17)11(10)18/h2-4H,5-8,19H2,1H3,(H3,20,21,22,24)/t16-/m0/s1. The van der Waals surface area contributed by atoms with Gasteiger partial charge < -0.3 is 16.4 Å². The molecule has 0 radical (unpaired) electrons. The monoisotopic (exact) mass is 399 g/mol. The summed E-state index contributed by atoms with van der Waals surface area (Å²) >= 11 is 13.4. The molecule has 6 nitrogen and oxygen atoms in total. The summed E-state index contributed by atoms with van der Waals surface area (Å²) in [6.45, 7) is 4.23. The van der Waals surface area contributed by atoms with Crippen molar-refractivity contribution in [3.63, 3.8) is 0 Å². The Balaban J connectivity index is 1.89. The van der Waals surface area contributed by atoms with E-state index in [4.69, 9.17) is 34.7 Å². The Labute approximate surface area is 159 Å². The lowest BCUT2D eigenvalue weighted by Gasteiger charge is -2.23. The van der Waals surface area contributed by atoms with E-state index in [1.807, 2.05) is 4.90 Å². The Hall–Kier alpha value is -1.41. The topological polar surface area (TPSA) is 101 Å². The van der Waals surface area contributed by atoms with E-state index in [1.165, 1.54) is 0 Å². The molecule has 134 valence electrons. The fourth-order valence-corrected chi connectivity index (χ4v) is 4.09. The molecule has 9 heteroatoms. The molecule has 1 aromatic heterocycles. The molecular formula is C16H19Cl2N5OS. The lowest BCUT2D eigenvalue weighted by Crippen LogP contribution is -2.33. The van der Waals surface area contributed by atoms with Crippen LogP contribution in [-0.4, -0.2) is 29.6 Å². The van der Waals surface area contributed by atoms with Crippen LogP contribution < -0.4 is 21.9 Å². The molecular weight excluding hydrogens is 381 g/mol. The number of benzene rings is 1. The maximum Gasteiger partial charge on any atom is 0.268 e. The van der Waals surface area contributed by atoms with Crippen LogP contribution in [0, 0.1) is 5.41 Å². The van der Waals surface area contributed by atoms with Crippen molar-refractivity contribution in [2.24, 2.45) is 11.1 Å². The maximum absolute atomic E-state index is 12.5. The Kier molecular flexibility index (Phi) is 5.20. The van der Waals surface area contributed by atoms with E-state index in [2.05, 4.69) is 16.9 Å². The summed E-state index contributed by atoms with van der Waals surface area (Å²) in [4.78, 5) is 22.7. The largest absolute Gasteiger partial charge is 0.382 e. The zero-order valence-electron chi connectivity index (χ0n) is 13.7. The fourth-order valence-electron chi connectivity index (χ4n) is 2.76. The molecule has 1 atom stereocenters. The second-order valence-electron chi connectivity index (χ2n) is 6.44. The van der Waals surface area contributed by atoms with E-state index in [-0.39, 0.29) is 16.8 Å². The van der Waals surface area contributed by atoms with Gasteiger partial charge in [0, 0.05) is 18.0 Å². The Morgan fingerprint density at radius 2 is 2.20 bits per heavy atom. The SMILES string of the molecule is C[C@@]1(CN)CCN(c2nc(N)c(Sc3cccc(Cl)c3Cl)c(=O)[nH]2)C1. The van der Waals surface area contributed by atoms with Crippen LogP contribution in [0.15, 0.2) is 32.8 Å². The van der Waals surface area contributed by atoms with E-state index < -0.39 is 0 Å². The van der Waals surface area contributed by atoms with Gasteiger partial charge in [-0.2, -0.15) is 4.98 Å². The highest BCUT2D eigenvalue weighted by atomic mass is 35.5. The van der Waals surface area contributed by atoms with Crippen LogP contribution in [0.1, 0.15) is 13.3 Å². The van der Waals surface area contributed by atoms with E-state index in [0.29, 0.717) is 32.3 Å². The molecule has 25 heavy (non-hydrogen) atoms. The summed E-state index contributed by atoms with van der Waals surface area (Å²) in [6.07, 6.45) is 0.946. The van der Waals surface area contributed by atoms with Crippen LogP contribution in [0.3, 0.4) is 0 Å². The zero-order chi connectivity index (χ0) is 18.2. The zero-order valence-corrected chi connectivity index (χ0v) is 16.0. The molecule has 5 N–H and O–H groups in total. The highest BCUT2D eigenvalue weighted by Crippen LogP contribution is 2.38. The quantitative estimate of drug-likeness (QED) is 0.730. The molecule has 0 bridgehead atoms. The minimum atomic E-state index is -0.301. The van der Waals surface area contributed by atoms with Gasteiger partial charge in [-0.1, -0.05) is 48.0 Å². The van der Waals surface area contributed by atoms with Crippen LogP contribution in [-0.2, 0) is 0 Å². The van der Waals surface area contributed by atoms with Crippen molar-refractivity contribution >= 4 is 46.7 Å². The van der Waals surface area contributed by atoms with Gasteiger partial charge in [0.2, 0.25) is 5.95 Å². The van der Waals surface area contributed by atoms with E-state index in [9.17, 15) is 4.79 Å². The van der Waals surface area contributed by atoms with Crippen LogP contribution >= 0.6 is 35.0 Å². The molecule has 0 unspecified atom stereocenters. The summed E-state index contributed by atoms with van der Waals surface area (Å²) in [7, 11) is 0. The summed E-state index contributed by atoms with van der Waals surface area (Å²) in [5.74, 6) is 0.641. The number of H-pyrrole nitrogens is 1. The number of aromatic nitrogens is 2. The van der Waals surface area contributed by atoms with Gasteiger partial charge in [0.25, 0.3) is 5.56 Å². The number of anilines is 2. The first-order chi connectivity index (χ1) is 11.8. The highest BCUT2D eigenvalue weighted by Gasteiger charge is 2.33. The molecule has 2 heterocycles. The van der Waals surface area contributed by atoms with Crippen molar-refractivity contribution < 1.29 is 0 Å². The molecule has 3 rings (SSSR count). The Morgan fingerprint density at radius 1 is 1.44 bits per heavy atom. The number of nitrogen functional groups attached to an aromatic ring is 1. The second kappa shape index (κ2) is 7.07. The summed E-state index contributed by atoms with van der Waals surface area (Å²) in [5.41, 5.74) is 11.6. The summed E-state index contributed by atoms with van der Waals surface area (Å²) < 4.78 is 0. The van der Waals surface area contributed by atoms with Gasteiger partial charge in [0.1, 0.15) is 10.7 Å². The van der Waals surface area contributed by atoms with Gasteiger partial charge in [-0.3, -0.25) is 9.78 Å². The van der Waals surface area contributed by atoms with Crippen molar-refractivity contribution in [1.29, 1.82) is 0 Å². The van der Waals surface area contributed by atoms with Crippen LogP contribution in [0.25, 0.3) is 0 Å². The maximum atomic E-state index is 12.5. The number of aromatic amines is 1. The van der Waals surface area contributed by atoms with Gasteiger partial charge in [-0.25, -0.2) is 0 Å². The smallest absolute Gasteiger partial charge is 0.268 e. The van der Waals surface area contributed by atoms with Gasteiger partial charge in [0.15, 0.2) is 0 Å². The molecule has 1 aliphatic heterocycles. The number of hydrogen-bond acceptors (Lipinski definition) is 6. The third-order valence-corrected chi connectivity index (χ3v) is 6.46. The third kappa shape index (κ3) is 3.74. The van der Waals surface area contributed by atoms with Crippen molar-refractivity contribution in [1.82, 2.24) is 9.97 Å². The van der Waals surface area contributed by atoms with Crippen LogP contribution in [0.4, 0.5) is 11.8 Å². The molecule has 1 aromatic carbocycles. The second-order valence-corrected chi connectivity index (χ2v) is 8.28. The molecule has 0 amide bonds. The first-order valence-corrected chi connectivity index (χ1v) is 9.37. The van der Waals surface area contributed by atoms with Gasteiger partial charge in [-0.05, 0) is 30.5 Å². The number of nitrogens with one attached hydrogen (secondary N) is 1. The molecule has 1 aliphatic rings. The first kappa shape index (κ1) is 18.4. The average molecular weight is 400 g/mol. The van der Waals surface area contributed by atoms with Crippen molar-refractivity contribution in [3.05, 3.63) is 38.6 Å².